The van der Waals surface area contributed by atoms with Crippen molar-refractivity contribution in [2.45, 2.75) is 13.8 Å². The number of nitrogens with zero attached hydrogens (tertiary/aromatic N) is 2. The fourth-order valence-corrected chi connectivity index (χ4v) is 2.37. The maximum Gasteiger partial charge on any atom is 0.257 e. The monoisotopic (exact) mass is 280 g/mol. The van der Waals surface area contributed by atoms with Crippen molar-refractivity contribution in [3.05, 3.63) is 28.3 Å². The van der Waals surface area contributed by atoms with Crippen LogP contribution in [0.1, 0.15) is 22.3 Å². The molecule has 0 aromatic carbocycles. The number of rotatable bonds is 5. The predicted molar refractivity (Wildman–Crippen MR) is 73.2 cm³/mol. The van der Waals surface area contributed by atoms with Gasteiger partial charge in [0.25, 0.3) is 5.91 Å². The molecule has 0 radical (unpaired) electrons. The molecule has 0 unspecified atom stereocenters. The number of aliphatic hydroxyl groups is 1. The van der Waals surface area contributed by atoms with Crippen LogP contribution in [0.2, 0.25) is 0 Å². The van der Waals surface area contributed by atoms with E-state index in [4.69, 9.17) is 9.52 Å². The first-order chi connectivity index (χ1) is 9.15. The van der Waals surface area contributed by atoms with Gasteiger partial charge in [-0.05, 0) is 19.9 Å². The summed E-state index contributed by atoms with van der Waals surface area (Å²) in [5.74, 6) is 0.450. The van der Waals surface area contributed by atoms with Crippen LogP contribution in [0.5, 0.6) is 0 Å². The maximum atomic E-state index is 12.2. The van der Waals surface area contributed by atoms with Crippen molar-refractivity contribution in [1.29, 1.82) is 0 Å². The number of carbonyl (C=O) groups excluding carboxylic acids is 1. The molecule has 1 amide bonds. The Morgan fingerprint density at radius 2 is 2.37 bits per heavy atom. The van der Waals surface area contributed by atoms with Gasteiger partial charge < -0.3 is 14.4 Å². The Hall–Kier alpha value is -1.66. The molecule has 2 aromatic rings. The van der Waals surface area contributed by atoms with Crippen LogP contribution >= 0.6 is 11.3 Å². The molecule has 102 valence electrons. The molecular formula is C13H16N2O3S. The van der Waals surface area contributed by atoms with E-state index in [0.29, 0.717) is 24.4 Å². The van der Waals surface area contributed by atoms with Gasteiger partial charge in [-0.25, -0.2) is 4.98 Å². The highest BCUT2D eigenvalue weighted by atomic mass is 32.1. The van der Waals surface area contributed by atoms with Crippen LogP contribution in [0.3, 0.4) is 0 Å². The highest BCUT2D eigenvalue weighted by Gasteiger charge is 2.17. The van der Waals surface area contributed by atoms with Crippen LogP contribution in [0.4, 0.5) is 0 Å². The molecule has 2 aromatic heterocycles. The number of thiazole rings is 1. The van der Waals surface area contributed by atoms with Gasteiger partial charge in [0.05, 0.1) is 17.2 Å². The fourth-order valence-electron chi connectivity index (χ4n) is 1.77. The topological polar surface area (TPSA) is 66.6 Å². The van der Waals surface area contributed by atoms with E-state index in [1.54, 1.807) is 11.0 Å². The van der Waals surface area contributed by atoms with Crippen molar-refractivity contribution < 1.29 is 14.3 Å². The second kappa shape index (κ2) is 5.99. The van der Waals surface area contributed by atoms with Gasteiger partial charge in [-0.2, -0.15) is 0 Å². The summed E-state index contributed by atoms with van der Waals surface area (Å²) < 4.78 is 5.39. The van der Waals surface area contributed by atoms with Crippen LogP contribution in [0.25, 0.3) is 11.5 Å². The molecule has 0 saturated carbocycles. The molecule has 5 nitrogen and oxygen atoms in total. The lowest BCUT2D eigenvalue weighted by molar-refractivity contribution is 0.0731. The summed E-state index contributed by atoms with van der Waals surface area (Å²) in [7, 11) is 0. The minimum atomic E-state index is -0.140. The molecule has 1 N–H and O–H groups in total. The van der Waals surface area contributed by atoms with E-state index in [9.17, 15) is 4.79 Å². The number of aromatic nitrogens is 1. The number of hydrogen-bond donors (Lipinski definition) is 1. The average Bonchev–Trinajstić information content (AvgIpc) is 3.03. The lowest BCUT2D eigenvalue weighted by atomic mass is 10.2. The summed E-state index contributed by atoms with van der Waals surface area (Å²) in [5.41, 5.74) is 1.22. The molecule has 19 heavy (non-hydrogen) atoms. The third-order valence-corrected chi connectivity index (χ3v) is 3.53. The lowest BCUT2D eigenvalue weighted by Crippen LogP contribution is -2.33. The molecule has 0 aliphatic heterocycles. The third kappa shape index (κ3) is 3.02. The summed E-state index contributed by atoms with van der Waals surface area (Å²) in [6, 6.07) is 1.69. The van der Waals surface area contributed by atoms with E-state index in [2.05, 4.69) is 4.98 Å². The van der Waals surface area contributed by atoms with Gasteiger partial charge in [-0.3, -0.25) is 4.79 Å². The number of carbonyl (C=O) groups is 1. The van der Waals surface area contributed by atoms with Crippen LogP contribution in [0.15, 0.2) is 22.1 Å². The summed E-state index contributed by atoms with van der Waals surface area (Å²) in [4.78, 5) is 18.0. The minimum absolute atomic E-state index is 0.0461. The predicted octanol–water partition coefficient (Wildman–Crippen LogP) is 2.17. The zero-order chi connectivity index (χ0) is 13.8. The quantitative estimate of drug-likeness (QED) is 0.911. The van der Waals surface area contributed by atoms with Crippen molar-refractivity contribution in [1.82, 2.24) is 9.88 Å². The van der Waals surface area contributed by atoms with Crippen LogP contribution < -0.4 is 0 Å². The molecule has 0 aliphatic carbocycles. The first-order valence-corrected chi connectivity index (χ1v) is 6.94. The van der Waals surface area contributed by atoms with Crippen molar-refractivity contribution >= 4 is 17.2 Å². The fraction of sp³-hybridized carbons (Fsp3) is 0.385. The van der Waals surface area contributed by atoms with Gasteiger partial charge in [-0.15, -0.1) is 11.3 Å². The first-order valence-electron chi connectivity index (χ1n) is 6.07. The molecule has 0 fully saturated rings. The Morgan fingerprint density at radius 3 is 2.95 bits per heavy atom. The van der Waals surface area contributed by atoms with Gasteiger partial charge in [0.1, 0.15) is 12.0 Å². The van der Waals surface area contributed by atoms with E-state index in [-0.39, 0.29) is 12.5 Å². The van der Waals surface area contributed by atoms with E-state index in [1.807, 2.05) is 19.2 Å². The smallest absolute Gasteiger partial charge is 0.257 e. The van der Waals surface area contributed by atoms with Gasteiger partial charge in [0, 0.05) is 18.5 Å². The van der Waals surface area contributed by atoms with Crippen LogP contribution in [0, 0.1) is 6.92 Å². The molecule has 0 spiro atoms. The number of hydrogen-bond acceptors (Lipinski definition) is 5. The molecular weight excluding hydrogens is 264 g/mol. The zero-order valence-electron chi connectivity index (χ0n) is 10.9. The van der Waals surface area contributed by atoms with E-state index in [0.717, 1.165) is 10.7 Å². The van der Waals surface area contributed by atoms with Crippen LogP contribution in [-0.4, -0.2) is 40.6 Å². The number of amides is 1. The van der Waals surface area contributed by atoms with E-state index >= 15 is 0 Å². The Balaban J connectivity index is 2.18. The van der Waals surface area contributed by atoms with Crippen molar-refractivity contribution in [3.8, 4) is 11.5 Å². The Morgan fingerprint density at radius 1 is 1.58 bits per heavy atom. The van der Waals surface area contributed by atoms with Crippen molar-refractivity contribution in [3.63, 3.8) is 0 Å². The normalized spacial score (nSPS) is 10.7. The van der Waals surface area contributed by atoms with Gasteiger partial charge >= 0.3 is 0 Å². The minimum Gasteiger partial charge on any atom is -0.462 e. The summed E-state index contributed by atoms with van der Waals surface area (Å²) in [5, 5.41) is 11.8. The SMILES string of the molecule is CCN(CCO)C(=O)c1coc(-c2csc(C)n2)c1. The Labute approximate surface area is 115 Å². The van der Waals surface area contributed by atoms with E-state index < -0.39 is 0 Å². The Kier molecular flexibility index (Phi) is 4.34. The van der Waals surface area contributed by atoms with Crippen LogP contribution in [-0.2, 0) is 0 Å². The summed E-state index contributed by atoms with van der Waals surface area (Å²) >= 11 is 1.54. The zero-order valence-corrected chi connectivity index (χ0v) is 11.7. The Bertz CT molecular complexity index is 562. The highest BCUT2D eigenvalue weighted by Crippen LogP contribution is 2.24. The summed E-state index contributed by atoms with van der Waals surface area (Å²) in [6.45, 7) is 4.62. The standard InChI is InChI=1S/C13H16N2O3S/c1-3-15(4-5-16)13(17)10-6-12(18-7-10)11-8-19-9(2)14-11/h6-8,16H,3-5H2,1-2H3. The summed E-state index contributed by atoms with van der Waals surface area (Å²) in [6.07, 6.45) is 1.44. The highest BCUT2D eigenvalue weighted by molar-refractivity contribution is 7.09. The molecule has 2 heterocycles. The van der Waals surface area contributed by atoms with E-state index in [1.165, 1.54) is 17.6 Å². The lowest BCUT2D eigenvalue weighted by Gasteiger charge is -2.18. The molecule has 2 rings (SSSR count). The average molecular weight is 280 g/mol. The van der Waals surface area contributed by atoms with Crippen molar-refractivity contribution in [2.75, 3.05) is 19.7 Å². The maximum absolute atomic E-state index is 12.2. The van der Waals surface area contributed by atoms with Crippen molar-refractivity contribution in [2.24, 2.45) is 0 Å². The number of furan rings is 1. The largest absolute Gasteiger partial charge is 0.462 e. The number of likely N-dealkylation sites (N-methyl/N-ethyl adjacent to an activating group) is 1. The molecule has 0 atom stereocenters. The molecule has 0 bridgehead atoms. The molecule has 0 aliphatic rings. The third-order valence-electron chi connectivity index (χ3n) is 2.76. The second-order valence-electron chi connectivity index (χ2n) is 4.06. The first kappa shape index (κ1) is 13.8. The van der Waals surface area contributed by atoms with Gasteiger partial charge in [0.2, 0.25) is 0 Å². The number of aliphatic hydroxyl groups excluding tert-OH is 1. The van der Waals surface area contributed by atoms with Gasteiger partial charge in [-0.1, -0.05) is 0 Å². The molecule has 6 heteroatoms. The number of aryl methyl sites for hydroxylation is 1. The second-order valence-corrected chi connectivity index (χ2v) is 5.12. The molecule has 0 saturated heterocycles. The van der Waals surface area contributed by atoms with Gasteiger partial charge in [0.15, 0.2) is 5.76 Å².